The lowest BCUT2D eigenvalue weighted by atomic mass is 10.2. The summed E-state index contributed by atoms with van der Waals surface area (Å²) >= 11 is 0. The molecule has 0 aliphatic carbocycles. The van der Waals surface area contributed by atoms with E-state index in [1.165, 1.54) is 0 Å². The van der Waals surface area contributed by atoms with Gasteiger partial charge in [0, 0.05) is 5.56 Å². The average Bonchev–Trinajstić information content (AvgIpc) is 2.99. The quantitative estimate of drug-likeness (QED) is 0.764. The molecule has 0 aliphatic heterocycles. The number of aromatic nitrogens is 4. The first kappa shape index (κ1) is 15.4. The number of carbonyl (C=O) groups excluding carboxylic acids is 1. The highest BCUT2D eigenvalue weighted by Crippen LogP contribution is 2.17. The number of rotatable bonds is 4. The van der Waals surface area contributed by atoms with Crippen LogP contribution >= 0.6 is 0 Å². The third kappa shape index (κ3) is 3.38. The fourth-order valence-electron chi connectivity index (χ4n) is 1.83. The van der Waals surface area contributed by atoms with E-state index in [2.05, 4.69) is 20.6 Å². The molecule has 3 rings (SSSR count). The Morgan fingerprint density at radius 3 is 2.55 bits per heavy atom. The van der Waals surface area contributed by atoms with E-state index in [4.69, 9.17) is 5.73 Å². The van der Waals surface area contributed by atoms with Crippen LogP contribution in [0.5, 0.6) is 0 Å². The van der Waals surface area contributed by atoms with Gasteiger partial charge in [0.2, 0.25) is 5.91 Å². The van der Waals surface area contributed by atoms with E-state index in [0.717, 1.165) is 5.56 Å². The normalized spacial score (nSPS) is 9.91. The Morgan fingerprint density at radius 2 is 1.86 bits per heavy atom. The number of benzene rings is 1. The molecule has 3 N–H and O–H groups in total. The zero-order valence-electron chi connectivity index (χ0n) is 12.5. The van der Waals surface area contributed by atoms with Gasteiger partial charge in [-0.2, -0.15) is 4.52 Å². The van der Waals surface area contributed by atoms with Crippen molar-refractivity contribution in [1.29, 1.82) is 0 Å². The number of primary amides is 1. The Balaban J connectivity index is 0.000000847. The molecular formula is C15H18N6O. The summed E-state index contributed by atoms with van der Waals surface area (Å²) in [7, 11) is 0. The summed E-state index contributed by atoms with van der Waals surface area (Å²) in [6.07, 6.45) is 0. The van der Waals surface area contributed by atoms with Crippen LogP contribution in [0.3, 0.4) is 0 Å². The van der Waals surface area contributed by atoms with Gasteiger partial charge in [-0.3, -0.25) is 4.79 Å². The molecule has 7 nitrogen and oxygen atoms in total. The zero-order valence-corrected chi connectivity index (χ0v) is 12.5. The van der Waals surface area contributed by atoms with E-state index in [1.807, 2.05) is 44.2 Å². The topological polar surface area (TPSA) is 98.2 Å². The smallest absolute Gasteiger partial charge is 0.236 e. The predicted molar refractivity (Wildman–Crippen MR) is 85.3 cm³/mol. The van der Waals surface area contributed by atoms with Crippen molar-refractivity contribution in [3.63, 3.8) is 0 Å². The molecule has 7 heteroatoms. The SMILES string of the molecule is CC.NC(=O)CNc1ccc2nnc(-c3ccccc3)n2n1. The second kappa shape index (κ2) is 7.16. The number of carbonyl (C=O) groups is 1. The number of nitrogens with two attached hydrogens (primary N) is 1. The minimum absolute atomic E-state index is 0.0291. The molecule has 0 fully saturated rings. The van der Waals surface area contributed by atoms with Crippen molar-refractivity contribution in [2.45, 2.75) is 13.8 Å². The van der Waals surface area contributed by atoms with Crippen molar-refractivity contribution in [2.75, 3.05) is 11.9 Å². The lowest BCUT2D eigenvalue weighted by Crippen LogP contribution is -2.22. The van der Waals surface area contributed by atoms with Gasteiger partial charge >= 0.3 is 0 Å². The first-order chi connectivity index (χ1) is 10.7. The van der Waals surface area contributed by atoms with Gasteiger partial charge in [-0.15, -0.1) is 15.3 Å². The molecule has 0 saturated heterocycles. The summed E-state index contributed by atoms with van der Waals surface area (Å²) in [5.41, 5.74) is 6.64. The maximum Gasteiger partial charge on any atom is 0.236 e. The highest BCUT2D eigenvalue weighted by atomic mass is 16.1. The molecular weight excluding hydrogens is 280 g/mol. The first-order valence-corrected chi connectivity index (χ1v) is 7.04. The number of hydrogen-bond donors (Lipinski definition) is 2. The van der Waals surface area contributed by atoms with Gasteiger partial charge in [0.25, 0.3) is 0 Å². The van der Waals surface area contributed by atoms with Crippen molar-refractivity contribution < 1.29 is 4.79 Å². The van der Waals surface area contributed by atoms with Crippen molar-refractivity contribution in [3.05, 3.63) is 42.5 Å². The Hall–Kier alpha value is -2.96. The van der Waals surface area contributed by atoms with Crippen molar-refractivity contribution in [1.82, 2.24) is 19.8 Å². The van der Waals surface area contributed by atoms with Crippen LogP contribution in [0.1, 0.15) is 13.8 Å². The molecule has 0 unspecified atom stereocenters. The number of hydrogen-bond acceptors (Lipinski definition) is 5. The number of amides is 1. The van der Waals surface area contributed by atoms with Crippen LogP contribution in [0.4, 0.5) is 5.82 Å². The second-order valence-electron chi connectivity index (χ2n) is 4.20. The number of nitrogens with zero attached hydrogens (tertiary/aromatic N) is 4. The molecule has 0 aliphatic rings. The van der Waals surface area contributed by atoms with Gasteiger partial charge in [-0.25, -0.2) is 0 Å². The van der Waals surface area contributed by atoms with Gasteiger partial charge in [-0.05, 0) is 12.1 Å². The second-order valence-corrected chi connectivity index (χ2v) is 4.20. The fourth-order valence-corrected chi connectivity index (χ4v) is 1.83. The highest BCUT2D eigenvalue weighted by Gasteiger charge is 2.09. The van der Waals surface area contributed by atoms with Crippen LogP contribution in [-0.4, -0.2) is 32.3 Å². The van der Waals surface area contributed by atoms with Crippen molar-refractivity contribution in [2.24, 2.45) is 5.73 Å². The van der Waals surface area contributed by atoms with E-state index in [-0.39, 0.29) is 6.54 Å². The van der Waals surface area contributed by atoms with Gasteiger partial charge in [-0.1, -0.05) is 44.2 Å². The molecule has 0 saturated carbocycles. The Morgan fingerprint density at radius 1 is 1.14 bits per heavy atom. The number of fused-ring (bicyclic) bond motifs is 1. The summed E-state index contributed by atoms with van der Waals surface area (Å²) in [5, 5.41) is 15.4. The van der Waals surface area contributed by atoms with Crippen LogP contribution < -0.4 is 11.1 Å². The van der Waals surface area contributed by atoms with Gasteiger partial charge in [0.05, 0.1) is 6.54 Å². The van der Waals surface area contributed by atoms with E-state index in [1.54, 1.807) is 16.6 Å². The molecule has 2 heterocycles. The monoisotopic (exact) mass is 298 g/mol. The summed E-state index contributed by atoms with van der Waals surface area (Å²) in [6, 6.07) is 13.1. The van der Waals surface area contributed by atoms with Crippen LogP contribution in [0.15, 0.2) is 42.5 Å². The largest absolute Gasteiger partial charge is 0.368 e. The fraction of sp³-hybridized carbons (Fsp3) is 0.200. The van der Waals surface area contributed by atoms with E-state index >= 15 is 0 Å². The van der Waals surface area contributed by atoms with E-state index in [9.17, 15) is 4.79 Å². The average molecular weight is 298 g/mol. The summed E-state index contributed by atoms with van der Waals surface area (Å²) in [4.78, 5) is 10.8. The minimum atomic E-state index is -0.445. The standard InChI is InChI=1S/C13H12N6O.C2H6/c14-10(20)8-15-11-6-7-12-16-17-13(19(12)18-11)9-4-2-1-3-5-9;1-2/h1-7H,8H2,(H2,14,20)(H,15,18);1-2H3. The van der Waals surface area contributed by atoms with Gasteiger partial charge in [0.1, 0.15) is 5.82 Å². The molecule has 0 radical (unpaired) electrons. The van der Waals surface area contributed by atoms with E-state index in [0.29, 0.717) is 17.3 Å². The first-order valence-electron chi connectivity index (χ1n) is 7.04. The number of anilines is 1. The lowest BCUT2D eigenvalue weighted by molar-refractivity contribution is -0.116. The Labute approximate surface area is 128 Å². The minimum Gasteiger partial charge on any atom is -0.368 e. The van der Waals surface area contributed by atoms with Crippen LogP contribution in [0.2, 0.25) is 0 Å². The molecule has 22 heavy (non-hydrogen) atoms. The van der Waals surface area contributed by atoms with Crippen LogP contribution in [-0.2, 0) is 4.79 Å². The summed E-state index contributed by atoms with van der Waals surface area (Å²) < 4.78 is 1.62. The number of nitrogens with one attached hydrogen (secondary N) is 1. The third-order valence-electron chi connectivity index (χ3n) is 2.74. The van der Waals surface area contributed by atoms with Crippen LogP contribution in [0, 0.1) is 0 Å². The Kier molecular flexibility index (Phi) is 5.02. The summed E-state index contributed by atoms with van der Waals surface area (Å²) in [6.45, 7) is 4.03. The predicted octanol–water partition coefficient (Wildman–Crippen LogP) is 1.71. The van der Waals surface area contributed by atoms with Crippen molar-refractivity contribution in [3.8, 4) is 11.4 Å². The summed E-state index contributed by atoms with van der Waals surface area (Å²) in [5.74, 6) is 0.732. The molecule has 1 aromatic carbocycles. The third-order valence-corrected chi connectivity index (χ3v) is 2.74. The highest BCUT2D eigenvalue weighted by molar-refractivity contribution is 5.78. The lowest BCUT2D eigenvalue weighted by Gasteiger charge is -2.04. The molecule has 0 atom stereocenters. The molecule has 114 valence electrons. The molecule has 1 amide bonds. The molecule has 0 bridgehead atoms. The van der Waals surface area contributed by atoms with Gasteiger partial charge in [0.15, 0.2) is 11.5 Å². The van der Waals surface area contributed by atoms with Crippen LogP contribution in [0.25, 0.3) is 17.0 Å². The maximum atomic E-state index is 10.8. The zero-order chi connectivity index (χ0) is 15.9. The van der Waals surface area contributed by atoms with Gasteiger partial charge < -0.3 is 11.1 Å². The Bertz CT molecular complexity index is 753. The van der Waals surface area contributed by atoms with Crippen molar-refractivity contribution >= 4 is 17.4 Å². The molecule has 3 aromatic rings. The molecule has 0 spiro atoms. The molecule has 2 aromatic heterocycles. The maximum absolute atomic E-state index is 10.8. The van der Waals surface area contributed by atoms with E-state index < -0.39 is 5.91 Å².